The lowest BCUT2D eigenvalue weighted by Gasteiger charge is -2.23. The van der Waals surface area contributed by atoms with Crippen LogP contribution in [0.3, 0.4) is 0 Å². The van der Waals surface area contributed by atoms with E-state index in [-0.39, 0.29) is 6.61 Å². The number of carbonyl (C=O) groups is 1. The fourth-order valence-corrected chi connectivity index (χ4v) is 8.75. The molecule has 0 fully saturated rings. The zero-order valence-corrected chi connectivity index (χ0v) is 41.3. The average molecular weight is 860 g/mol. The molecule has 3 atom stereocenters. The zero-order chi connectivity index (χ0) is 44.4. The monoisotopic (exact) mass is 860 g/mol. The van der Waals surface area contributed by atoms with Gasteiger partial charge in [-0.15, -0.1) is 0 Å². The largest absolute Gasteiger partial charge is 0.394 e. The molecule has 0 heterocycles. The van der Waals surface area contributed by atoms with Crippen molar-refractivity contribution in [2.24, 2.45) is 0 Å². The normalized spacial score (nSPS) is 13.5. The second-order valence-corrected chi connectivity index (χ2v) is 19.1. The smallest absolute Gasteiger partial charge is 0.249 e. The van der Waals surface area contributed by atoms with Crippen molar-refractivity contribution in [1.29, 1.82) is 0 Å². The Morgan fingerprint density at radius 3 is 0.984 bits per heavy atom. The minimum absolute atomic E-state index is 0.311. The van der Waals surface area contributed by atoms with Crippen LogP contribution in [0.2, 0.25) is 0 Å². The Morgan fingerprint density at radius 2 is 0.672 bits per heavy atom. The molecule has 61 heavy (non-hydrogen) atoms. The van der Waals surface area contributed by atoms with E-state index in [2.05, 4.69) is 43.5 Å². The summed E-state index contributed by atoms with van der Waals surface area (Å²) in [6, 6.07) is -0.711. The van der Waals surface area contributed by atoms with Crippen LogP contribution < -0.4 is 5.32 Å². The Kier molecular flexibility index (Phi) is 50.5. The van der Waals surface area contributed by atoms with Crippen molar-refractivity contribution >= 4 is 5.91 Å². The molecule has 0 aromatic heterocycles. The first-order valence-corrected chi connectivity index (χ1v) is 27.6. The summed E-state index contributed by atoms with van der Waals surface area (Å²) in [5.41, 5.74) is 0. The van der Waals surface area contributed by atoms with E-state index < -0.39 is 24.2 Å². The van der Waals surface area contributed by atoms with Gasteiger partial charge in [-0.25, -0.2) is 0 Å². The van der Waals surface area contributed by atoms with Crippen molar-refractivity contribution < 1.29 is 20.1 Å². The quantitative estimate of drug-likeness (QED) is 0.0362. The zero-order valence-electron chi connectivity index (χ0n) is 41.3. The molecule has 5 nitrogen and oxygen atoms in total. The molecule has 0 bridgehead atoms. The number of hydrogen-bond acceptors (Lipinski definition) is 4. The third-order valence-electron chi connectivity index (χ3n) is 13.1. The molecule has 0 saturated heterocycles. The molecule has 0 spiro atoms. The fraction of sp³-hybridized carbons (Fsp3) is 0.911. The molecule has 4 N–H and O–H groups in total. The van der Waals surface area contributed by atoms with E-state index in [1.807, 2.05) is 0 Å². The lowest BCUT2D eigenvalue weighted by molar-refractivity contribution is -0.131. The van der Waals surface area contributed by atoms with Gasteiger partial charge in [-0.05, 0) is 44.9 Å². The average Bonchev–Trinajstić information content (AvgIpc) is 3.26. The standard InChI is InChI=1S/C56H109NO4/c1-3-5-7-9-11-13-15-17-19-21-22-23-24-25-26-27-28-29-30-31-32-33-35-37-39-41-43-45-47-49-51-55(60)56(61)57-53(52-58)54(59)50-48-46-44-42-40-38-36-34-20-18-16-14-12-10-8-6-4-2/h22-23,25-26,53-55,58-60H,3-21,24,27-52H2,1-2H3,(H,57,61)/b23-22-,26-25-. The van der Waals surface area contributed by atoms with Gasteiger partial charge in [0.05, 0.1) is 18.8 Å². The number of allylic oxidation sites excluding steroid dienone is 4. The number of aliphatic hydroxyl groups excluding tert-OH is 3. The molecule has 0 aliphatic heterocycles. The van der Waals surface area contributed by atoms with Crippen LogP contribution in [0.1, 0.15) is 303 Å². The number of nitrogens with one attached hydrogen (secondary N) is 1. The van der Waals surface area contributed by atoms with Crippen molar-refractivity contribution in [2.75, 3.05) is 6.61 Å². The van der Waals surface area contributed by atoms with Gasteiger partial charge in [0.25, 0.3) is 0 Å². The topological polar surface area (TPSA) is 89.8 Å². The molecular formula is C56H109NO4. The van der Waals surface area contributed by atoms with Crippen LogP contribution in [0.15, 0.2) is 24.3 Å². The van der Waals surface area contributed by atoms with Crippen LogP contribution in [0.25, 0.3) is 0 Å². The highest BCUT2D eigenvalue weighted by Gasteiger charge is 2.23. The molecule has 5 heteroatoms. The van der Waals surface area contributed by atoms with Crippen LogP contribution in [0.5, 0.6) is 0 Å². The predicted octanol–water partition coefficient (Wildman–Crippen LogP) is 16.9. The molecule has 0 saturated carbocycles. The van der Waals surface area contributed by atoms with E-state index >= 15 is 0 Å². The molecule has 1 amide bonds. The van der Waals surface area contributed by atoms with Gasteiger partial charge in [-0.2, -0.15) is 0 Å². The second-order valence-electron chi connectivity index (χ2n) is 19.1. The first-order valence-electron chi connectivity index (χ1n) is 27.6. The Labute approximate surface area is 382 Å². The maximum Gasteiger partial charge on any atom is 0.249 e. The highest BCUT2D eigenvalue weighted by Crippen LogP contribution is 2.17. The van der Waals surface area contributed by atoms with E-state index in [1.54, 1.807) is 0 Å². The van der Waals surface area contributed by atoms with E-state index in [9.17, 15) is 20.1 Å². The van der Waals surface area contributed by atoms with Gasteiger partial charge in [0.2, 0.25) is 5.91 Å². The maximum absolute atomic E-state index is 12.6. The van der Waals surface area contributed by atoms with Crippen LogP contribution >= 0.6 is 0 Å². The first-order chi connectivity index (χ1) is 30.1. The number of amides is 1. The van der Waals surface area contributed by atoms with Gasteiger partial charge in [0.1, 0.15) is 6.10 Å². The summed E-state index contributed by atoms with van der Waals surface area (Å²) < 4.78 is 0. The Balaban J connectivity index is 3.52. The molecule has 0 aromatic rings. The predicted molar refractivity (Wildman–Crippen MR) is 268 cm³/mol. The summed E-state index contributed by atoms with van der Waals surface area (Å²) in [5, 5.41) is 33.5. The summed E-state index contributed by atoms with van der Waals surface area (Å²) in [6.45, 7) is 4.26. The van der Waals surface area contributed by atoms with Crippen LogP contribution in [-0.4, -0.2) is 46.1 Å². The molecular weight excluding hydrogens is 751 g/mol. The molecule has 0 rings (SSSR count). The third kappa shape index (κ3) is 46.6. The van der Waals surface area contributed by atoms with E-state index in [0.717, 1.165) is 38.5 Å². The van der Waals surface area contributed by atoms with Crippen molar-refractivity contribution in [3.8, 4) is 0 Å². The van der Waals surface area contributed by atoms with Crippen molar-refractivity contribution in [3.63, 3.8) is 0 Å². The summed E-state index contributed by atoms with van der Waals surface area (Å²) in [4.78, 5) is 12.6. The van der Waals surface area contributed by atoms with Crippen molar-refractivity contribution in [1.82, 2.24) is 5.32 Å². The Bertz CT molecular complexity index is 905. The molecule has 3 unspecified atom stereocenters. The molecule has 362 valence electrons. The number of unbranched alkanes of at least 4 members (excludes halogenated alkanes) is 39. The maximum atomic E-state index is 12.6. The van der Waals surface area contributed by atoms with Gasteiger partial charge in [0.15, 0.2) is 0 Å². The molecule has 0 aliphatic carbocycles. The van der Waals surface area contributed by atoms with Gasteiger partial charge < -0.3 is 20.6 Å². The van der Waals surface area contributed by atoms with Gasteiger partial charge in [0, 0.05) is 0 Å². The fourth-order valence-electron chi connectivity index (χ4n) is 8.75. The van der Waals surface area contributed by atoms with E-state index in [1.165, 1.54) is 238 Å². The number of rotatable bonds is 51. The number of aliphatic hydroxyl groups is 3. The lowest BCUT2D eigenvalue weighted by atomic mass is 10.0. The van der Waals surface area contributed by atoms with Gasteiger partial charge in [-0.3, -0.25) is 4.79 Å². The van der Waals surface area contributed by atoms with Crippen molar-refractivity contribution in [2.45, 2.75) is 321 Å². The molecule has 0 aliphatic rings. The minimum Gasteiger partial charge on any atom is -0.394 e. The summed E-state index contributed by atoms with van der Waals surface area (Å²) in [7, 11) is 0. The number of hydrogen-bond donors (Lipinski definition) is 4. The van der Waals surface area contributed by atoms with Gasteiger partial charge >= 0.3 is 0 Å². The minimum atomic E-state index is -1.07. The van der Waals surface area contributed by atoms with E-state index in [4.69, 9.17) is 0 Å². The Hall–Kier alpha value is -1.17. The second kappa shape index (κ2) is 51.5. The van der Waals surface area contributed by atoms with Crippen LogP contribution in [-0.2, 0) is 4.79 Å². The lowest BCUT2D eigenvalue weighted by Crippen LogP contribution is -2.49. The summed E-state index contributed by atoms with van der Waals surface area (Å²) in [6.07, 6.45) is 65.0. The van der Waals surface area contributed by atoms with Crippen LogP contribution in [0, 0.1) is 0 Å². The van der Waals surface area contributed by atoms with Gasteiger partial charge in [-0.1, -0.05) is 282 Å². The number of carbonyl (C=O) groups excluding carboxylic acids is 1. The summed E-state index contributed by atoms with van der Waals surface area (Å²) in [5.74, 6) is -0.467. The summed E-state index contributed by atoms with van der Waals surface area (Å²) >= 11 is 0. The third-order valence-corrected chi connectivity index (χ3v) is 13.1. The SMILES string of the molecule is CCCCCCCCCCC/C=C\C/C=C\CCCCCCCCCCCCCCCCC(O)C(=O)NC(CO)C(O)CCCCCCCCCCCCCCCCCCC. The van der Waals surface area contributed by atoms with Crippen molar-refractivity contribution in [3.05, 3.63) is 24.3 Å². The van der Waals surface area contributed by atoms with Crippen LogP contribution in [0.4, 0.5) is 0 Å². The highest BCUT2D eigenvalue weighted by molar-refractivity contribution is 5.80. The Morgan fingerprint density at radius 1 is 0.393 bits per heavy atom. The molecule has 0 aromatic carbocycles. The van der Waals surface area contributed by atoms with E-state index in [0.29, 0.717) is 12.8 Å². The first kappa shape index (κ1) is 59.8. The molecule has 0 radical (unpaired) electrons. The highest BCUT2D eigenvalue weighted by atomic mass is 16.3.